The molecular weight excluding hydrogens is 235 g/mol. The average molecular weight is 243 g/mol. The van der Waals surface area contributed by atoms with E-state index in [1.54, 1.807) is 12.1 Å². The Morgan fingerprint density at radius 3 is 2.33 bits per heavy atom. The number of hydrogen-bond acceptors (Lipinski definition) is 2. The van der Waals surface area contributed by atoms with Crippen molar-refractivity contribution in [3.8, 4) is 0 Å². The van der Waals surface area contributed by atoms with Gasteiger partial charge in [0.15, 0.2) is 0 Å². The highest BCUT2D eigenvalue weighted by Gasteiger charge is 2.49. The van der Waals surface area contributed by atoms with E-state index in [1.165, 1.54) is 0 Å². The van der Waals surface area contributed by atoms with Gasteiger partial charge in [-0.1, -0.05) is 24.3 Å². The Kier molecular flexibility index (Phi) is 2.57. The summed E-state index contributed by atoms with van der Waals surface area (Å²) in [7, 11) is 0. The SMILES string of the molecule is O=C(Cl)C1(C(=O)Cl)CCc2ccccc21. The quantitative estimate of drug-likeness (QED) is 0.590. The van der Waals surface area contributed by atoms with Crippen LogP contribution < -0.4 is 0 Å². The van der Waals surface area contributed by atoms with Gasteiger partial charge in [0.1, 0.15) is 5.41 Å². The molecule has 2 nitrogen and oxygen atoms in total. The van der Waals surface area contributed by atoms with Crippen molar-refractivity contribution in [3.63, 3.8) is 0 Å². The summed E-state index contributed by atoms with van der Waals surface area (Å²) in [4.78, 5) is 22.9. The highest BCUT2D eigenvalue weighted by Crippen LogP contribution is 2.42. The second kappa shape index (κ2) is 3.62. The molecule has 0 N–H and O–H groups in total. The van der Waals surface area contributed by atoms with Gasteiger partial charge in [-0.05, 0) is 47.2 Å². The highest BCUT2D eigenvalue weighted by molar-refractivity contribution is 6.76. The molecule has 0 unspecified atom stereocenters. The summed E-state index contributed by atoms with van der Waals surface area (Å²) in [5.74, 6) is 0. The van der Waals surface area contributed by atoms with E-state index < -0.39 is 15.9 Å². The van der Waals surface area contributed by atoms with Crippen molar-refractivity contribution in [1.29, 1.82) is 0 Å². The molecule has 1 aliphatic rings. The fourth-order valence-corrected chi connectivity index (χ4v) is 2.71. The van der Waals surface area contributed by atoms with E-state index in [4.69, 9.17) is 23.2 Å². The number of carbonyl (C=O) groups is 2. The van der Waals surface area contributed by atoms with E-state index in [1.807, 2.05) is 12.1 Å². The highest BCUT2D eigenvalue weighted by atomic mass is 35.5. The van der Waals surface area contributed by atoms with Crippen molar-refractivity contribution in [2.24, 2.45) is 0 Å². The number of fused-ring (bicyclic) bond motifs is 1. The minimum absolute atomic E-state index is 0.372. The van der Waals surface area contributed by atoms with E-state index in [9.17, 15) is 9.59 Å². The molecule has 1 aliphatic carbocycles. The minimum atomic E-state index is -1.32. The molecule has 0 amide bonds. The molecule has 78 valence electrons. The fourth-order valence-electron chi connectivity index (χ4n) is 2.10. The first kappa shape index (κ1) is 10.7. The van der Waals surface area contributed by atoms with Crippen LogP contribution >= 0.6 is 23.2 Å². The zero-order valence-corrected chi connectivity index (χ0v) is 9.31. The van der Waals surface area contributed by atoms with Gasteiger partial charge in [-0.25, -0.2) is 0 Å². The number of aryl methyl sites for hydroxylation is 1. The summed E-state index contributed by atoms with van der Waals surface area (Å²) in [6, 6.07) is 7.27. The Hall–Kier alpha value is -0.860. The Bertz CT molecular complexity index is 426. The zero-order valence-electron chi connectivity index (χ0n) is 7.80. The largest absolute Gasteiger partial charge is 0.280 e. The van der Waals surface area contributed by atoms with Crippen LogP contribution in [0.3, 0.4) is 0 Å². The van der Waals surface area contributed by atoms with Crippen molar-refractivity contribution >= 4 is 33.7 Å². The van der Waals surface area contributed by atoms with Gasteiger partial charge in [0.25, 0.3) is 0 Å². The van der Waals surface area contributed by atoms with Gasteiger partial charge in [0.2, 0.25) is 10.5 Å². The van der Waals surface area contributed by atoms with Gasteiger partial charge in [-0.15, -0.1) is 0 Å². The first-order valence-electron chi connectivity index (χ1n) is 4.57. The van der Waals surface area contributed by atoms with Crippen LogP contribution in [0.15, 0.2) is 24.3 Å². The molecule has 0 saturated carbocycles. The third-order valence-electron chi connectivity index (χ3n) is 2.92. The summed E-state index contributed by atoms with van der Waals surface area (Å²) < 4.78 is 0. The van der Waals surface area contributed by atoms with Crippen molar-refractivity contribution < 1.29 is 9.59 Å². The average Bonchev–Trinajstić information content (AvgIpc) is 2.57. The first-order valence-corrected chi connectivity index (χ1v) is 5.33. The second-order valence-corrected chi connectivity index (χ2v) is 4.30. The summed E-state index contributed by atoms with van der Waals surface area (Å²) in [6.45, 7) is 0. The molecule has 4 heteroatoms. The molecule has 1 aromatic rings. The van der Waals surface area contributed by atoms with Crippen LogP contribution in [0.5, 0.6) is 0 Å². The fraction of sp³-hybridized carbons (Fsp3) is 0.273. The van der Waals surface area contributed by atoms with E-state index in [0.717, 1.165) is 5.56 Å². The molecule has 0 bridgehead atoms. The Labute approximate surface area is 97.2 Å². The van der Waals surface area contributed by atoms with Crippen molar-refractivity contribution in [2.45, 2.75) is 18.3 Å². The van der Waals surface area contributed by atoms with Gasteiger partial charge in [0.05, 0.1) is 0 Å². The molecule has 0 atom stereocenters. The van der Waals surface area contributed by atoms with Gasteiger partial charge in [-0.2, -0.15) is 0 Å². The van der Waals surface area contributed by atoms with Crippen LogP contribution in [-0.4, -0.2) is 10.5 Å². The van der Waals surface area contributed by atoms with E-state index in [0.29, 0.717) is 18.4 Å². The number of rotatable bonds is 2. The lowest BCUT2D eigenvalue weighted by Crippen LogP contribution is -2.36. The molecule has 0 aromatic heterocycles. The summed E-state index contributed by atoms with van der Waals surface area (Å²) >= 11 is 11.0. The van der Waals surface area contributed by atoms with Crippen molar-refractivity contribution in [2.75, 3.05) is 0 Å². The van der Waals surface area contributed by atoms with Crippen LogP contribution in [0.1, 0.15) is 17.5 Å². The molecule has 0 radical (unpaired) electrons. The predicted molar refractivity (Wildman–Crippen MR) is 58.2 cm³/mol. The lowest BCUT2D eigenvalue weighted by Gasteiger charge is -2.20. The molecule has 0 heterocycles. The van der Waals surface area contributed by atoms with Crippen molar-refractivity contribution in [1.82, 2.24) is 0 Å². The Morgan fingerprint density at radius 1 is 1.13 bits per heavy atom. The molecule has 1 aromatic carbocycles. The molecular formula is C11H8Cl2O2. The Morgan fingerprint density at radius 2 is 1.73 bits per heavy atom. The molecule has 0 aliphatic heterocycles. The van der Waals surface area contributed by atoms with Crippen LogP contribution in [0.25, 0.3) is 0 Å². The van der Waals surface area contributed by atoms with E-state index in [-0.39, 0.29) is 0 Å². The minimum Gasteiger partial charge on any atom is -0.280 e. The van der Waals surface area contributed by atoms with E-state index >= 15 is 0 Å². The van der Waals surface area contributed by atoms with Crippen LogP contribution in [0.2, 0.25) is 0 Å². The van der Waals surface area contributed by atoms with Crippen LogP contribution in [-0.2, 0) is 21.4 Å². The molecule has 15 heavy (non-hydrogen) atoms. The monoisotopic (exact) mass is 242 g/mol. The molecule has 0 fully saturated rings. The summed E-state index contributed by atoms with van der Waals surface area (Å²) in [5, 5.41) is -1.38. The zero-order chi connectivity index (χ0) is 11.1. The van der Waals surface area contributed by atoms with Gasteiger partial charge < -0.3 is 0 Å². The van der Waals surface area contributed by atoms with E-state index in [2.05, 4.69) is 0 Å². The molecule has 0 saturated heterocycles. The summed E-state index contributed by atoms with van der Waals surface area (Å²) in [6.07, 6.45) is 1.03. The number of carbonyl (C=O) groups excluding carboxylic acids is 2. The molecule has 2 rings (SSSR count). The molecule has 0 spiro atoms. The first-order chi connectivity index (χ1) is 7.09. The van der Waals surface area contributed by atoms with Crippen molar-refractivity contribution in [3.05, 3.63) is 35.4 Å². The van der Waals surface area contributed by atoms with Gasteiger partial charge in [0, 0.05) is 0 Å². The lowest BCUT2D eigenvalue weighted by molar-refractivity contribution is -0.126. The van der Waals surface area contributed by atoms with Gasteiger partial charge >= 0.3 is 0 Å². The second-order valence-electron chi connectivity index (χ2n) is 3.61. The smallest absolute Gasteiger partial charge is 0.241 e. The number of benzene rings is 1. The maximum absolute atomic E-state index is 11.4. The number of hydrogen-bond donors (Lipinski definition) is 0. The van der Waals surface area contributed by atoms with Crippen LogP contribution in [0, 0.1) is 0 Å². The van der Waals surface area contributed by atoms with Gasteiger partial charge in [-0.3, -0.25) is 9.59 Å². The standard InChI is InChI=1S/C11H8Cl2O2/c12-9(14)11(10(13)15)6-5-7-3-1-2-4-8(7)11/h1-4H,5-6H2. The predicted octanol–water partition coefficient (Wildman–Crippen LogP) is 2.40. The Balaban J connectivity index is 2.64. The third kappa shape index (κ3) is 1.40. The maximum atomic E-state index is 11.4. The lowest BCUT2D eigenvalue weighted by atomic mass is 9.84. The maximum Gasteiger partial charge on any atom is 0.241 e. The third-order valence-corrected chi connectivity index (χ3v) is 3.56. The number of halogens is 2. The normalized spacial score (nSPS) is 17.2. The topological polar surface area (TPSA) is 34.1 Å². The summed E-state index contributed by atoms with van der Waals surface area (Å²) in [5.41, 5.74) is 0.310. The van der Waals surface area contributed by atoms with Crippen LogP contribution in [0.4, 0.5) is 0 Å².